The van der Waals surface area contributed by atoms with E-state index in [9.17, 15) is 4.79 Å². The SMILES string of the molecule is CC(C)Cn1ncc(NCC(C)N(C)C2CC2)c(Cl)c1=O. The molecule has 1 aliphatic carbocycles. The van der Waals surface area contributed by atoms with Crippen molar-refractivity contribution in [2.45, 2.75) is 52.2 Å². The van der Waals surface area contributed by atoms with Gasteiger partial charge in [-0.05, 0) is 32.7 Å². The van der Waals surface area contributed by atoms with Gasteiger partial charge in [0.1, 0.15) is 5.02 Å². The lowest BCUT2D eigenvalue weighted by molar-refractivity contribution is 0.257. The number of halogens is 1. The summed E-state index contributed by atoms with van der Waals surface area (Å²) in [4.78, 5) is 14.5. The summed E-state index contributed by atoms with van der Waals surface area (Å²) in [6.07, 6.45) is 4.22. The molecule has 21 heavy (non-hydrogen) atoms. The molecule has 1 atom stereocenters. The Morgan fingerprint density at radius 2 is 2.14 bits per heavy atom. The minimum atomic E-state index is -0.224. The summed E-state index contributed by atoms with van der Waals surface area (Å²) in [6.45, 7) is 7.60. The van der Waals surface area contributed by atoms with E-state index in [1.54, 1.807) is 6.20 Å². The third-order valence-electron chi connectivity index (χ3n) is 3.93. The third kappa shape index (κ3) is 4.20. The van der Waals surface area contributed by atoms with Gasteiger partial charge in [0.05, 0.1) is 11.9 Å². The van der Waals surface area contributed by atoms with Crippen molar-refractivity contribution in [1.29, 1.82) is 0 Å². The maximum Gasteiger partial charge on any atom is 0.287 e. The Kier molecular flexibility index (Phi) is 5.27. The molecule has 0 radical (unpaired) electrons. The molecule has 1 aromatic rings. The quantitative estimate of drug-likeness (QED) is 0.840. The largest absolute Gasteiger partial charge is 0.381 e. The van der Waals surface area contributed by atoms with E-state index < -0.39 is 0 Å². The molecule has 2 rings (SSSR count). The van der Waals surface area contributed by atoms with Crippen LogP contribution in [-0.2, 0) is 6.54 Å². The maximum absolute atomic E-state index is 12.1. The number of rotatable bonds is 7. The molecule has 0 saturated heterocycles. The van der Waals surface area contributed by atoms with Crippen LogP contribution in [0.25, 0.3) is 0 Å². The highest BCUT2D eigenvalue weighted by Gasteiger charge is 2.29. The van der Waals surface area contributed by atoms with Crippen LogP contribution in [0.3, 0.4) is 0 Å². The van der Waals surface area contributed by atoms with Crippen LogP contribution < -0.4 is 10.9 Å². The predicted octanol–water partition coefficient (Wildman–Crippen LogP) is 2.45. The minimum absolute atomic E-state index is 0.224. The van der Waals surface area contributed by atoms with Gasteiger partial charge in [0.25, 0.3) is 5.56 Å². The van der Waals surface area contributed by atoms with Crippen molar-refractivity contribution in [1.82, 2.24) is 14.7 Å². The van der Waals surface area contributed by atoms with Gasteiger partial charge in [0, 0.05) is 25.2 Å². The monoisotopic (exact) mass is 312 g/mol. The van der Waals surface area contributed by atoms with Gasteiger partial charge in [-0.3, -0.25) is 9.69 Å². The van der Waals surface area contributed by atoms with Crippen LogP contribution in [0.1, 0.15) is 33.6 Å². The van der Waals surface area contributed by atoms with Gasteiger partial charge in [-0.1, -0.05) is 25.4 Å². The first-order valence-electron chi connectivity index (χ1n) is 7.61. The van der Waals surface area contributed by atoms with E-state index in [-0.39, 0.29) is 10.6 Å². The van der Waals surface area contributed by atoms with Gasteiger partial charge in [-0.15, -0.1) is 0 Å². The molecule has 1 fully saturated rings. The predicted molar refractivity (Wildman–Crippen MR) is 87.1 cm³/mol. The van der Waals surface area contributed by atoms with Crippen molar-refractivity contribution < 1.29 is 0 Å². The summed E-state index contributed by atoms with van der Waals surface area (Å²) in [5.74, 6) is 0.359. The van der Waals surface area contributed by atoms with Crippen LogP contribution >= 0.6 is 11.6 Å². The number of aromatic nitrogens is 2. The Balaban J connectivity index is 2.00. The van der Waals surface area contributed by atoms with Crippen molar-refractivity contribution >= 4 is 17.3 Å². The first-order valence-corrected chi connectivity index (χ1v) is 7.99. The van der Waals surface area contributed by atoms with Crippen LogP contribution in [0.2, 0.25) is 5.02 Å². The number of hydrogen-bond acceptors (Lipinski definition) is 4. The number of likely N-dealkylation sites (N-methyl/N-ethyl adjacent to an activating group) is 1. The van der Waals surface area contributed by atoms with E-state index in [0.29, 0.717) is 24.2 Å². The molecule has 0 spiro atoms. The average Bonchev–Trinajstić information content (AvgIpc) is 3.26. The van der Waals surface area contributed by atoms with Crippen molar-refractivity contribution in [3.63, 3.8) is 0 Å². The van der Waals surface area contributed by atoms with Crippen molar-refractivity contribution in [2.75, 3.05) is 18.9 Å². The molecular formula is C15H25ClN4O. The fourth-order valence-corrected chi connectivity index (χ4v) is 2.52. The lowest BCUT2D eigenvalue weighted by atomic mass is 10.2. The molecule has 0 aromatic carbocycles. The van der Waals surface area contributed by atoms with Crippen LogP contribution in [0, 0.1) is 5.92 Å². The second-order valence-corrected chi connectivity index (χ2v) is 6.76. The summed E-state index contributed by atoms with van der Waals surface area (Å²) in [5.41, 5.74) is 0.399. The van der Waals surface area contributed by atoms with Gasteiger partial charge < -0.3 is 5.32 Å². The maximum atomic E-state index is 12.1. The number of anilines is 1. The van der Waals surface area contributed by atoms with Crippen molar-refractivity contribution in [2.24, 2.45) is 5.92 Å². The fraction of sp³-hybridized carbons (Fsp3) is 0.733. The Labute approximate surface area is 131 Å². The zero-order chi connectivity index (χ0) is 15.6. The summed E-state index contributed by atoms with van der Waals surface area (Å²) in [7, 11) is 2.14. The average molecular weight is 313 g/mol. The minimum Gasteiger partial charge on any atom is -0.381 e. The Morgan fingerprint density at radius 1 is 1.48 bits per heavy atom. The Hall–Kier alpha value is -1.07. The van der Waals surface area contributed by atoms with Crippen LogP contribution in [0.15, 0.2) is 11.0 Å². The highest BCUT2D eigenvalue weighted by atomic mass is 35.5. The van der Waals surface area contributed by atoms with Gasteiger partial charge in [-0.25, -0.2) is 4.68 Å². The lowest BCUT2D eigenvalue weighted by Gasteiger charge is -2.25. The number of nitrogens with zero attached hydrogens (tertiary/aromatic N) is 3. The lowest BCUT2D eigenvalue weighted by Crippen LogP contribution is -2.36. The van der Waals surface area contributed by atoms with Gasteiger partial charge in [0.2, 0.25) is 0 Å². The second kappa shape index (κ2) is 6.79. The van der Waals surface area contributed by atoms with Crippen molar-refractivity contribution in [3.05, 3.63) is 21.6 Å². The molecule has 1 aliphatic rings. The summed E-state index contributed by atoms with van der Waals surface area (Å²) < 4.78 is 1.43. The molecule has 1 aromatic heterocycles. The standard InChI is InChI=1S/C15H25ClN4O/c1-10(2)9-20-15(21)14(16)13(8-18-20)17-7-11(3)19(4)12-5-6-12/h8,10-12,17H,5-7,9H2,1-4H3. The normalized spacial score (nSPS) is 16.5. The second-order valence-electron chi connectivity index (χ2n) is 6.38. The Bertz CT molecular complexity index is 539. The Morgan fingerprint density at radius 3 is 2.71 bits per heavy atom. The van der Waals surface area contributed by atoms with Crippen LogP contribution in [-0.4, -0.2) is 40.4 Å². The molecule has 0 amide bonds. The molecule has 1 N–H and O–H groups in total. The van der Waals surface area contributed by atoms with Crippen LogP contribution in [0.5, 0.6) is 0 Å². The topological polar surface area (TPSA) is 50.2 Å². The van der Waals surface area contributed by atoms with Crippen LogP contribution in [0.4, 0.5) is 5.69 Å². The van der Waals surface area contributed by atoms with E-state index in [1.165, 1.54) is 17.5 Å². The molecule has 1 heterocycles. The molecule has 0 aliphatic heterocycles. The molecule has 6 heteroatoms. The summed E-state index contributed by atoms with van der Waals surface area (Å²) >= 11 is 6.17. The van der Waals surface area contributed by atoms with Crippen molar-refractivity contribution in [3.8, 4) is 0 Å². The van der Waals surface area contributed by atoms with E-state index in [4.69, 9.17) is 11.6 Å². The van der Waals surface area contributed by atoms with Gasteiger partial charge >= 0.3 is 0 Å². The highest BCUT2D eigenvalue weighted by Crippen LogP contribution is 2.27. The molecule has 5 nitrogen and oxygen atoms in total. The van der Waals surface area contributed by atoms with E-state index in [1.807, 2.05) is 13.8 Å². The van der Waals surface area contributed by atoms with E-state index in [2.05, 4.69) is 29.3 Å². The molecule has 0 bridgehead atoms. The highest BCUT2D eigenvalue weighted by molar-refractivity contribution is 6.32. The third-order valence-corrected chi connectivity index (χ3v) is 4.29. The summed E-state index contributed by atoms with van der Waals surface area (Å²) in [5, 5.41) is 7.67. The van der Waals surface area contributed by atoms with E-state index in [0.717, 1.165) is 12.6 Å². The molecule has 118 valence electrons. The summed E-state index contributed by atoms with van der Waals surface area (Å²) in [6, 6.07) is 1.11. The molecule has 1 saturated carbocycles. The molecule has 1 unspecified atom stereocenters. The number of nitrogens with one attached hydrogen (secondary N) is 1. The van der Waals surface area contributed by atoms with Gasteiger partial charge in [-0.2, -0.15) is 5.10 Å². The number of hydrogen-bond donors (Lipinski definition) is 1. The zero-order valence-corrected chi connectivity index (χ0v) is 14.0. The molecular weight excluding hydrogens is 288 g/mol. The zero-order valence-electron chi connectivity index (χ0n) is 13.3. The first-order chi connectivity index (χ1) is 9.90. The van der Waals surface area contributed by atoms with Gasteiger partial charge in [0.15, 0.2) is 0 Å². The van der Waals surface area contributed by atoms with E-state index >= 15 is 0 Å². The fourth-order valence-electron chi connectivity index (χ4n) is 2.31. The smallest absolute Gasteiger partial charge is 0.287 e. The first kappa shape index (κ1) is 16.3.